The quantitative estimate of drug-likeness (QED) is 0.351. The molecule has 0 unspecified atom stereocenters. The number of hydrogen-bond acceptors (Lipinski definition) is 2. The zero-order chi connectivity index (χ0) is 20.5. The van der Waals surface area contributed by atoms with Crippen molar-refractivity contribution in [3.63, 3.8) is 0 Å². The maximum atomic E-state index is 8.89. The second-order valence-electron chi connectivity index (χ2n) is 8.65. The van der Waals surface area contributed by atoms with E-state index in [0.717, 1.165) is 25.9 Å². The molecule has 3 heteroatoms. The fourth-order valence-electron chi connectivity index (χ4n) is 3.75. The van der Waals surface area contributed by atoms with E-state index >= 15 is 0 Å². The summed E-state index contributed by atoms with van der Waals surface area (Å²) in [7, 11) is -2.43. The van der Waals surface area contributed by atoms with Crippen molar-refractivity contribution in [1.82, 2.24) is 0 Å². The van der Waals surface area contributed by atoms with Crippen LogP contribution in [0.5, 0.6) is 0 Å². The normalized spacial score (nSPS) is 13.8. The molecule has 0 aliphatic heterocycles. The van der Waals surface area contributed by atoms with E-state index in [2.05, 4.69) is 101 Å². The lowest BCUT2D eigenvalue weighted by molar-refractivity contribution is 0.246. The molecule has 152 valence electrons. The summed E-state index contributed by atoms with van der Waals surface area (Å²) in [5.41, 5.74) is 0. The van der Waals surface area contributed by atoms with Gasteiger partial charge in [0.1, 0.15) is 0 Å². The maximum Gasteiger partial charge on any atom is 0.261 e. The molecule has 2 nitrogen and oxygen atoms in total. The third kappa shape index (κ3) is 5.66. The zero-order valence-electron chi connectivity index (χ0n) is 17.9. The number of aliphatic hydroxyl groups excluding tert-OH is 1. The van der Waals surface area contributed by atoms with Gasteiger partial charge in [0.05, 0.1) is 0 Å². The van der Waals surface area contributed by atoms with Crippen molar-refractivity contribution >= 4 is 18.7 Å². The predicted octanol–water partition coefficient (Wildman–Crippen LogP) is 4.92. The largest absolute Gasteiger partial charge is 0.407 e. The van der Waals surface area contributed by atoms with Gasteiger partial charge in [0, 0.05) is 13.2 Å². The van der Waals surface area contributed by atoms with Crippen LogP contribution >= 0.6 is 0 Å². The van der Waals surface area contributed by atoms with Crippen LogP contribution in [0.3, 0.4) is 0 Å². The molecule has 2 rings (SSSR count). The lowest BCUT2D eigenvalue weighted by atomic mass is 10.1. The predicted molar refractivity (Wildman–Crippen MR) is 123 cm³/mol. The van der Waals surface area contributed by atoms with Crippen molar-refractivity contribution in [2.75, 3.05) is 13.2 Å². The molecule has 0 aromatic heterocycles. The Bertz CT molecular complexity index is 665. The standard InChI is InChI=1S/C25H36O2Si/c1-22(15-9-5-6-14-20-26)21-27-28(25(2,3)4,23-16-10-7-11-17-23)24-18-12-8-13-19-24/h5,7-13,16-19,22,26H,6,14-15,20-21H2,1-4H3/b9-5+/t22-/m0/s1. The summed E-state index contributed by atoms with van der Waals surface area (Å²) in [6, 6.07) is 21.6. The minimum atomic E-state index is -2.43. The Balaban J connectivity index is 2.28. The number of allylic oxidation sites excluding steroid dienone is 2. The Kier molecular flexibility index (Phi) is 8.68. The molecule has 1 N–H and O–H groups in total. The van der Waals surface area contributed by atoms with E-state index in [1.807, 2.05) is 0 Å². The zero-order valence-corrected chi connectivity index (χ0v) is 18.9. The van der Waals surface area contributed by atoms with Gasteiger partial charge in [0.25, 0.3) is 8.32 Å². The van der Waals surface area contributed by atoms with Gasteiger partial charge >= 0.3 is 0 Å². The lowest BCUT2D eigenvalue weighted by Crippen LogP contribution is -2.66. The SMILES string of the molecule is C[C@@H](C/C=C/CCCO)CO[Si](c1ccccc1)(c1ccccc1)C(C)(C)C. The van der Waals surface area contributed by atoms with Crippen LogP contribution in [0, 0.1) is 5.92 Å². The number of rotatable bonds is 10. The Morgan fingerprint density at radius 2 is 1.46 bits per heavy atom. The molecule has 1 atom stereocenters. The van der Waals surface area contributed by atoms with Crippen LogP contribution in [0.4, 0.5) is 0 Å². The van der Waals surface area contributed by atoms with Gasteiger partial charge in [-0.3, -0.25) is 0 Å². The van der Waals surface area contributed by atoms with Gasteiger partial charge in [-0.05, 0) is 40.6 Å². The molecule has 0 amide bonds. The van der Waals surface area contributed by atoms with Gasteiger partial charge in [-0.1, -0.05) is 101 Å². The van der Waals surface area contributed by atoms with E-state index in [9.17, 15) is 0 Å². The highest BCUT2D eigenvalue weighted by molar-refractivity contribution is 6.99. The highest BCUT2D eigenvalue weighted by Crippen LogP contribution is 2.37. The van der Waals surface area contributed by atoms with Crippen molar-refractivity contribution in [1.29, 1.82) is 0 Å². The summed E-state index contributed by atoms with van der Waals surface area (Å²) in [5, 5.41) is 11.6. The van der Waals surface area contributed by atoms with Crippen LogP contribution in [0.1, 0.15) is 47.0 Å². The molecule has 28 heavy (non-hydrogen) atoms. The Morgan fingerprint density at radius 1 is 0.929 bits per heavy atom. The molecule has 2 aromatic rings. The van der Waals surface area contributed by atoms with Crippen molar-refractivity contribution in [2.45, 2.75) is 52.0 Å². The van der Waals surface area contributed by atoms with Crippen LogP contribution in [-0.4, -0.2) is 26.6 Å². The van der Waals surface area contributed by atoms with Gasteiger partial charge in [0.15, 0.2) is 0 Å². The number of unbranched alkanes of at least 4 members (excludes halogenated alkanes) is 1. The number of hydrogen-bond donors (Lipinski definition) is 1. The van der Waals surface area contributed by atoms with Gasteiger partial charge < -0.3 is 9.53 Å². The molecule has 2 aromatic carbocycles. The van der Waals surface area contributed by atoms with Crippen LogP contribution in [-0.2, 0) is 4.43 Å². The van der Waals surface area contributed by atoms with Crippen molar-refractivity contribution in [2.24, 2.45) is 5.92 Å². The average molecular weight is 397 g/mol. The van der Waals surface area contributed by atoms with Gasteiger partial charge in [0.2, 0.25) is 0 Å². The fraction of sp³-hybridized carbons (Fsp3) is 0.440. The first kappa shape index (κ1) is 22.6. The van der Waals surface area contributed by atoms with Crippen molar-refractivity contribution in [3.8, 4) is 0 Å². The molecule has 0 saturated carbocycles. The molecule has 0 heterocycles. The van der Waals surface area contributed by atoms with Crippen LogP contribution in [0.15, 0.2) is 72.8 Å². The van der Waals surface area contributed by atoms with Gasteiger partial charge in [-0.25, -0.2) is 0 Å². The maximum absolute atomic E-state index is 8.89. The molecule has 0 bridgehead atoms. The summed E-state index contributed by atoms with van der Waals surface area (Å²) in [6.07, 6.45) is 7.19. The van der Waals surface area contributed by atoms with E-state index in [-0.39, 0.29) is 11.6 Å². The van der Waals surface area contributed by atoms with Gasteiger partial charge in [-0.15, -0.1) is 0 Å². The average Bonchev–Trinajstić information content (AvgIpc) is 2.69. The van der Waals surface area contributed by atoms with Crippen LogP contribution in [0.25, 0.3) is 0 Å². The van der Waals surface area contributed by atoms with E-state index in [1.54, 1.807) is 0 Å². The van der Waals surface area contributed by atoms with Gasteiger partial charge in [-0.2, -0.15) is 0 Å². The minimum absolute atomic E-state index is 0.0202. The first-order valence-corrected chi connectivity index (χ1v) is 12.3. The molecule has 0 fully saturated rings. The van der Waals surface area contributed by atoms with E-state index < -0.39 is 8.32 Å². The summed E-state index contributed by atoms with van der Waals surface area (Å²) in [4.78, 5) is 0. The monoisotopic (exact) mass is 396 g/mol. The third-order valence-electron chi connectivity index (χ3n) is 5.24. The molecular formula is C25H36O2Si. The smallest absolute Gasteiger partial charge is 0.261 e. The van der Waals surface area contributed by atoms with Crippen LogP contribution < -0.4 is 10.4 Å². The molecule has 0 saturated heterocycles. The van der Waals surface area contributed by atoms with Crippen molar-refractivity contribution < 1.29 is 9.53 Å². The van der Waals surface area contributed by atoms with Crippen molar-refractivity contribution in [3.05, 3.63) is 72.8 Å². The number of benzene rings is 2. The minimum Gasteiger partial charge on any atom is -0.407 e. The highest BCUT2D eigenvalue weighted by atomic mass is 28.4. The molecule has 0 aliphatic carbocycles. The fourth-order valence-corrected chi connectivity index (χ4v) is 8.44. The Labute approximate surface area is 172 Å². The summed E-state index contributed by atoms with van der Waals surface area (Å²) >= 11 is 0. The van der Waals surface area contributed by atoms with Crippen LogP contribution in [0.2, 0.25) is 5.04 Å². The Morgan fingerprint density at radius 3 is 1.93 bits per heavy atom. The van der Waals surface area contributed by atoms with E-state index in [1.165, 1.54) is 10.4 Å². The molecular weight excluding hydrogens is 360 g/mol. The third-order valence-corrected chi connectivity index (χ3v) is 10.2. The first-order valence-electron chi connectivity index (χ1n) is 10.4. The topological polar surface area (TPSA) is 29.5 Å². The summed E-state index contributed by atoms with van der Waals surface area (Å²) in [5.74, 6) is 0.451. The van der Waals surface area contributed by atoms with E-state index in [0.29, 0.717) is 5.92 Å². The lowest BCUT2D eigenvalue weighted by Gasteiger charge is -2.43. The molecule has 0 radical (unpaired) electrons. The second-order valence-corrected chi connectivity index (χ2v) is 13.0. The first-order chi connectivity index (χ1) is 13.4. The second kappa shape index (κ2) is 10.8. The Hall–Kier alpha value is -1.68. The number of aliphatic hydroxyl groups is 1. The van der Waals surface area contributed by atoms with E-state index in [4.69, 9.17) is 9.53 Å². The molecule has 0 spiro atoms. The highest BCUT2D eigenvalue weighted by Gasteiger charge is 2.50. The summed E-state index contributed by atoms with van der Waals surface area (Å²) in [6.45, 7) is 10.2. The summed E-state index contributed by atoms with van der Waals surface area (Å²) < 4.78 is 6.97. The molecule has 0 aliphatic rings.